The number of nitrogens with zero attached hydrogens (tertiary/aromatic N) is 1. The summed E-state index contributed by atoms with van der Waals surface area (Å²) in [4.78, 5) is 13.4. The van der Waals surface area contributed by atoms with E-state index in [0.29, 0.717) is 6.54 Å². The molecule has 0 saturated carbocycles. The van der Waals surface area contributed by atoms with Crippen LogP contribution in [0.5, 0.6) is 0 Å². The summed E-state index contributed by atoms with van der Waals surface area (Å²) < 4.78 is 5.38. The van der Waals surface area contributed by atoms with E-state index < -0.39 is 0 Å². The van der Waals surface area contributed by atoms with Crippen molar-refractivity contribution >= 4 is 6.03 Å². The fourth-order valence-corrected chi connectivity index (χ4v) is 1.62. The lowest BCUT2D eigenvalue weighted by molar-refractivity contribution is 0.0772. The van der Waals surface area contributed by atoms with Gasteiger partial charge in [0, 0.05) is 26.2 Å². The van der Waals surface area contributed by atoms with Crippen LogP contribution in [0.1, 0.15) is 33.1 Å². The molecular formula is C11H22N2O2. The van der Waals surface area contributed by atoms with Gasteiger partial charge in [0.2, 0.25) is 0 Å². The minimum absolute atomic E-state index is 0.0806. The Kier molecular flexibility index (Phi) is 5.47. The van der Waals surface area contributed by atoms with Crippen LogP contribution in [0.15, 0.2) is 0 Å². The molecular weight excluding hydrogens is 192 g/mol. The normalized spacial score (nSPS) is 16.1. The number of rotatable bonds is 5. The summed E-state index contributed by atoms with van der Waals surface area (Å²) in [6, 6.07) is 0.0806. The Morgan fingerprint density at radius 2 is 2.07 bits per heavy atom. The molecule has 0 radical (unpaired) electrons. The summed E-state index contributed by atoms with van der Waals surface area (Å²) >= 11 is 0. The quantitative estimate of drug-likeness (QED) is 0.706. The van der Waals surface area contributed by atoms with Crippen molar-refractivity contribution in [3.63, 3.8) is 0 Å². The number of ether oxygens (including phenoxy) is 1. The third-order valence-corrected chi connectivity index (χ3v) is 2.44. The zero-order valence-electron chi connectivity index (χ0n) is 9.79. The number of nitrogens with one attached hydrogen (secondary N) is 1. The van der Waals surface area contributed by atoms with Crippen LogP contribution in [-0.2, 0) is 4.74 Å². The molecule has 0 aromatic rings. The topological polar surface area (TPSA) is 41.6 Å². The Morgan fingerprint density at radius 1 is 1.40 bits per heavy atom. The van der Waals surface area contributed by atoms with E-state index in [1.54, 1.807) is 0 Å². The van der Waals surface area contributed by atoms with E-state index in [1.165, 1.54) is 0 Å². The summed E-state index contributed by atoms with van der Waals surface area (Å²) in [6.07, 6.45) is 3.45. The van der Waals surface area contributed by atoms with Gasteiger partial charge in [0.05, 0.1) is 6.10 Å². The van der Waals surface area contributed by atoms with Gasteiger partial charge in [0.25, 0.3) is 0 Å². The summed E-state index contributed by atoms with van der Waals surface area (Å²) in [7, 11) is 0. The zero-order valence-corrected chi connectivity index (χ0v) is 9.79. The van der Waals surface area contributed by atoms with Crippen molar-refractivity contribution in [2.45, 2.75) is 39.2 Å². The molecule has 0 bridgehead atoms. The van der Waals surface area contributed by atoms with Crippen LogP contribution >= 0.6 is 0 Å². The van der Waals surface area contributed by atoms with Crippen molar-refractivity contribution in [2.75, 3.05) is 26.2 Å². The third-order valence-electron chi connectivity index (χ3n) is 2.44. The lowest BCUT2D eigenvalue weighted by Crippen LogP contribution is -2.38. The van der Waals surface area contributed by atoms with Gasteiger partial charge in [-0.2, -0.15) is 0 Å². The molecule has 1 heterocycles. The van der Waals surface area contributed by atoms with Gasteiger partial charge >= 0.3 is 6.03 Å². The van der Waals surface area contributed by atoms with Gasteiger partial charge in [-0.05, 0) is 33.1 Å². The number of amides is 2. The maximum atomic E-state index is 11.5. The molecule has 1 N–H and O–H groups in total. The maximum absolute atomic E-state index is 11.5. The van der Waals surface area contributed by atoms with Gasteiger partial charge in [-0.3, -0.25) is 0 Å². The molecule has 4 heteroatoms. The number of likely N-dealkylation sites (tertiary alicyclic amines) is 1. The smallest absolute Gasteiger partial charge is 0.317 e. The van der Waals surface area contributed by atoms with Crippen LogP contribution in [0.4, 0.5) is 4.79 Å². The molecule has 1 aliphatic rings. The first-order valence-corrected chi connectivity index (χ1v) is 5.84. The summed E-state index contributed by atoms with van der Waals surface area (Å²) in [5.74, 6) is 0. The molecule has 15 heavy (non-hydrogen) atoms. The molecule has 0 aromatic heterocycles. The van der Waals surface area contributed by atoms with E-state index in [4.69, 9.17) is 4.74 Å². The van der Waals surface area contributed by atoms with E-state index in [0.717, 1.165) is 39.0 Å². The second-order valence-corrected chi connectivity index (χ2v) is 4.20. The van der Waals surface area contributed by atoms with Crippen molar-refractivity contribution in [2.24, 2.45) is 0 Å². The highest BCUT2D eigenvalue weighted by Gasteiger charge is 2.16. The molecule has 0 aliphatic carbocycles. The van der Waals surface area contributed by atoms with Gasteiger partial charge in [0.1, 0.15) is 0 Å². The van der Waals surface area contributed by atoms with Gasteiger partial charge in [0.15, 0.2) is 0 Å². The number of hydrogen-bond donors (Lipinski definition) is 1. The zero-order chi connectivity index (χ0) is 11.1. The minimum atomic E-state index is 0.0806. The second-order valence-electron chi connectivity index (χ2n) is 4.20. The summed E-state index contributed by atoms with van der Waals surface area (Å²) in [6.45, 7) is 7.29. The van der Waals surface area contributed by atoms with Crippen LogP contribution in [0, 0.1) is 0 Å². The Bertz CT molecular complexity index is 189. The van der Waals surface area contributed by atoms with Gasteiger partial charge in [-0.25, -0.2) is 4.79 Å². The van der Waals surface area contributed by atoms with E-state index >= 15 is 0 Å². The van der Waals surface area contributed by atoms with E-state index in [9.17, 15) is 4.79 Å². The molecule has 1 saturated heterocycles. The number of urea groups is 1. The van der Waals surface area contributed by atoms with Gasteiger partial charge < -0.3 is 15.0 Å². The molecule has 1 fully saturated rings. The molecule has 1 aliphatic heterocycles. The Morgan fingerprint density at radius 3 is 2.67 bits per heavy atom. The van der Waals surface area contributed by atoms with Crippen molar-refractivity contribution in [3.8, 4) is 0 Å². The molecule has 1 rings (SSSR count). The highest BCUT2D eigenvalue weighted by molar-refractivity contribution is 5.74. The van der Waals surface area contributed by atoms with Crippen molar-refractivity contribution in [3.05, 3.63) is 0 Å². The van der Waals surface area contributed by atoms with Crippen LogP contribution in [0.2, 0.25) is 0 Å². The summed E-state index contributed by atoms with van der Waals surface area (Å²) in [5.41, 5.74) is 0. The number of hydrogen-bond acceptors (Lipinski definition) is 2. The predicted octanol–water partition coefficient (Wildman–Crippen LogP) is 1.61. The van der Waals surface area contributed by atoms with Crippen LogP contribution in [0.25, 0.3) is 0 Å². The highest BCUT2D eigenvalue weighted by Crippen LogP contribution is 2.06. The lowest BCUT2D eigenvalue weighted by atomic mass is 10.4. The predicted molar refractivity (Wildman–Crippen MR) is 59.9 cm³/mol. The molecule has 0 spiro atoms. The van der Waals surface area contributed by atoms with Gasteiger partial charge in [-0.1, -0.05) is 0 Å². The van der Waals surface area contributed by atoms with Crippen molar-refractivity contribution in [1.29, 1.82) is 0 Å². The van der Waals surface area contributed by atoms with Crippen LogP contribution in [-0.4, -0.2) is 43.3 Å². The van der Waals surface area contributed by atoms with Crippen LogP contribution in [0.3, 0.4) is 0 Å². The lowest BCUT2D eigenvalue weighted by Gasteiger charge is -2.16. The standard InChI is InChI=1S/C11H22N2O2/c1-10(2)15-9-5-6-12-11(14)13-7-3-4-8-13/h10H,3-9H2,1-2H3,(H,12,14). The number of carbonyl (C=O) groups excluding carboxylic acids is 1. The molecule has 2 amide bonds. The van der Waals surface area contributed by atoms with Gasteiger partial charge in [-0.15, -0.1) is 0 Å². The molecule has 0 aromatic carbocycles. The average molecular weight is 214 g/mol. The maximum Gasteiger partial charge on any atom is 0.317 e. The first-order valence-electron chi connectivity index (χ1n) is 5.84. The monoisotopic (exact) mass is 214 g/mol. The average Bonchev–Trinajstić information content (AvgIpc) is 2.69. The molecule has 4 nitrogen and oxygen atoms in total. The molecule has 0 atom stereocenters. The Labute approximate surface area is 92.0 Å². The highest BCUT2D eigenvalue weighted by atomic mass is 16.5. The largest absolute Gasteiger partial charge is 0.379 e. The molecule has 88 valence electrons. The number of carbonyl (C=O) groups is 1. The first kappa shape index (κ1) is 12.3. The SMILES string of the molecule is CC(C)OCCCNC(=O)N1CCCC1. The summed E-state index contributed by atoms with van der Waals surface area (Å²) in [5, 5.41) is 2.91. The molecule has 0 unspecified atom stereocenters. The fourth-order valence-electron chi connectivity index (χ4n) is 1.62. The van der Waals surface area contributed by atoms with E-state index in [2.05, 4.69) is 5.32 Å². The second kappa shape index (κ2) is 6.67. The first-order chi connectivity index (χ1) is 7.20. The third kappa shape index (κ3) is 5.02. The van der Waals surface area contributed by atoms with E-state index in [1.807, 2.05) is 18.7 Å². The van der Waals surface area contributed by atoms with Crippen molar-refractivity contribution < 1.29 is 9.53 Å². The Hall–Kier alpha value is -0.770. The fraction of sp³-hybridized carbons (Fsp3) is 0.909. The Balaban J connectivity index is 1.97. The van der Waals surface area contributed by atoms with Crippen molar-refractivity contribution in [1.82, 2.24) is 10.2 Å². The van der Waals surface area contributed by atoms with E-state index in [-0.39, 0.29) is 12.1 Å². The minimum Gasteiger partial charge on any atom is -0.379 e. The van der Waals surface area contributed by atoms with Crippen LogP contribution < -0.4 is 5.32 Å².